The molecule has 0 aromatic carbocycles. The fourth-order valence-corrected chi connectivity index (χ4v) is 1.79. The number of rotatable bonds is 7. The summed E-state index contributed by atoms with van der Waals surface area (Å²) in [5.41, 5.74) is 1.60. The van der Waals surface area contributed by atoms with Crippen molar-refractivity contribution in [1.82, 2.24) is 5.32 Å². The summed E-state index contributed by atoms with van der Waals surface area (Å²) < 4.78 is 0. The minimum atomic E-state index is 0.678. The summed E-state index contributed by atoms with van der Waals surface area (Å²) in [7, 11) is 0. The molecule has 0 saturated carbocycles. The summed E-state index contributed by atoms with van der Waals surface area (Å²) in [4.78, 5) is 0. The Kier molecular flexibility index (Phi) is 4.67. The Labute approximate surface area is 89.0 Å². The first-order chi connectivity index (χ1) is 6.67. The molecule has 3 atom stereocenters. The molecule has 0 amide bonds. The molecule has 0 aromatic heterocycles. The Morgan fingerprint density at radius 2 is 2.00 bits per heavy atom. The fraction of sp³-hybridized carbons (Fsp3) is 0.846. The van der Waals surface area contributed by atoms with Gasteiger partial charge in [0, 0.05) is 6.04 Å². The minimum Gasteiger partial charge on any atom is -0.314 e. The maximum absolute atomic E-state index is 3.61. The largest absolute Gasteiger partial charge is 0.314 e. The molecule has 0 aliphatic heterocycles. The zero-order valence-corrected chi connectivity index (χ0v) is 10.1. The van der Waals surface area contributed by atoms with Crippen LogP contribution in [0.15, 0.2) is 11.6 Å². The van der Waals surface area contributed by atoms with E-state index in [-0.39, 0.29) is 0 Å². The predicted molar refractivity (Wildman–Crippen MR) is 63.4 cm³/mol. The van der Waals surface area contributed by atoms with Crippen molar-refractivity contribution in [2.45, 2.75) is 53.0 Å². The lowest BCUT2D eigenvalue weighted by molar-refractivity contribution is 0.391. The molecule has 1 N–H and O–H groups in total. The van der Waals surface area contributed by atoms with Crippen molar-refractivity contribution in [1.29, 1.82) is 0 Å². The highest BCUT2D eigenvalue weighted by atomic mass is 14.9. The van der Waals surface area contributed by atoms with Crippen molar-refractivity contribution in [2.24, 2.45) is 11.8 Å². The lowest BCUT2D eigenvalue weighted by atomic mass is 9.97. The Hall–Kier alpha value is -0.300. The van der Waals surface area contributed by atoms with Gasteiger partial charge in [-0.05, 0) is 45.1 Å². The molecule has 0 fully saturated rings. The van der Waals surface area contributed by atoms with Crippen LogP contribution in [-0.4, -0.2) is 12.6 Å². The van der Waals surface area contributed by atoms with E-state index >= 15 is 0 Å². The van der Waals surface area contributed by atoms with Crippen LogP contribution in [0.5, 0.6) is 0 Å². The smallest absolute Gasteiger partial charge is 0.00362 e. The van der Waals surface area contributed by atoms with Gasteiger partial charge in [0.15, 0.2) is 0 Å². The average Bonchev–Trinajstić information content (AvgIpc) is 2.88. The Morgan fingerprint density at radius 1 is 1.36 bits per heavy atom. The number of hydrogen-bond donors (Lipinski definition) is 1. The third-order valence-electron chi connectivity index (χ3n) is 3.47. The van der Waals surface area contributed by atoms with E-state index in [4.69, 9.17) is 0 Å². The Balaban J connectivity index is 2.12. The van der Waals surface area contributed by atoms with Gasteiger partial charge in [0.05, 0.1) is 0 Å². The highest BCUT2D eigenvalue weighted by molar-refractivity contribution is 5.26. The Bertz CT molecular complexity index is 195. The van der Waals surface area contributed by atoms with Crippen molar-refractivity contribution < 1.29 is 0 Å². The van der Waals surface area contributed by atoms with Crippen LogP contribution < -0.4 is 5.32 Å². The van der Waals surface area contributed by atoms with Gasteiger partial charge in [0.25, 0.3) is 0 Å². The molecular weight excluding hydrogens is 170 g/mol. The van der Waals surface area contributed by atoms with E-state index in [2.05, 4.69) is 39.1 Å². The van der Waals surface area contributed by atoms with Gasteiger partial charge in [-0.15, -0.1) is 0 Å². The van der Waals surface area contributed by atoms with Crippen LogP contribution in [0.2, 0.25) is 0 Å². The zero-order valence-electron chi connectivity index (χ0n) is 10.1. The first-order valence-corrected chi connectivity index (χ1v) is 6.09. The molecule has 0 heterocycles. The van der Waals surface area contributed by atoms with Gasteiger partial charge in [0.1, 0.15) is 0 Å². The van der Waals surface area contributed by atoms with E-state index in [0.717, 1.165) is 11.8 Å². The minimum absolute atomic E-state index is 0.678. The van der Waals surface area contributed by atoms with Crippen molar-refractivity contribution in [3.8, 4) is 0 Å². The normalized spacial score (nSPS) is 24.3. The van der Waals surface area contributed by atoms with E-state index in [0.29, 0.717) is 6.04 Å². The molecule has 0 spiro atoms. The van der Waals surface area contributed by atoms with E-state index < -0.39 is 0 Å². The molecule has 3 unspecified atom stereocenters. The van der Waals surface area contributed by atoms with Gasteiger partial charge in [-0.1, -0.05) is 31.9 Å². The van der Waals surface area contributed by atoms with Crippen LogP contribution in [0.1, 0.15) is 47.0 Å². The first kappa shape index (κ1) is 11.8. The second-order valence-corrected chi connectivity index (χ2v) is 4.74. The SMILES string of the molecule is CCC(CNC(C)CC)CC1C=C1C. The third kappa shape index (κ3) is 3.83. The average molecular weight is 195 g/mol. The van der Waals surface area contributed by atoms with E-state index in [1.165, 1.54) is 25.8 Å². The molecule has 1 aliphatic rings. The molecule has 82 valence electrons. The molecule has 1 rings (SSSR count). The summed E-state index contributed by atoms with van der Waals surface area (Å²) >= 11 is 0. The predicted octanol–water partition coefficient (Wildman–Crippen LogP) is 3.37. The summed E-state index contributed by atoms with van der Waals surface area (Å²) in [6.07, 6.45) is 6.30. The van der Waals surface area contributed by atoms with Crippen LogP contribution in [0.4, 0.5) is 0 Å². The molecule has 0 radical (unpaired) electrons. The van der Waals surface area contributed by atoms with Crippen molar-refractivity contribution in [3.05, 3.63) is 11.6 Å². The van der Waals surface area contributed by atoms with Gasteiger partial charge in [-0.2, -0.15) is 0 Å². The third-order valence-corrected chi connectivity index (χ3v) is 3.47. The number of hydrogen-bond acceptors (Lipinski definition) is 1. The van der Waals surface area contributed by atoms with Crippen molar-refractivity contribution in [3.63, 3.8) is 0 Å². The van der Waals surface area contributed by atoms with E-state index in [1.807, 2.05) is 0 Å². The summed E-state index contributed by atoms with van der Waals surface area (Å²) in [6, 6.07) is 0.678. The van der Waals surface area contributed by atoms with Crippen molar-refractivity contribution >= 4 is 0 Å². The summed E-state index contributed by atoms with van der Waals surface area (Å²) in [5.74, 6) is 1.71. The number of nitrogens with one attached hydrogen (secondary N) is 1. The van der Waals surface area contributed by atoms with E-state index in [1.54, 1.807) is 5.57 Å². The number of allylic oxidation sites excluding steroid dienone is 2. The second kappa shape index (κ2) is 5.55. The van der Waals surface area contributed by atoms with Gasteiger partial charge >= 0.3 is 0 Å². The van der Waals surface area contributed by atoms with Crippen LogP contribution in [0, 0.1) is 11.8 Å². The van der Waals surface area contributed by atoms with Gasteiger partial charge in [0.2, 0.25) is 0 Å². The maximum Gasteiger partial charge on any atom is 0.00362 e. The Morgan fingerprint density at radius 3 is 2.43 bits per heavy atom. The van der Waals surface area contributed by atoms with Gasteiger partial charge < -0.3 is 5.32 Å². The lowest BCUT2D eigenvalue weighted by Gasteiger charge is -2.18. The van der Waals surface area contributed by atoms with E-state index in [9.17, 15) is 0 Å². The molecule has 1 aliphatic carbocycles. The van der Waals surface area contributed by atoms with Gasteiger partial charge in [-0.3, -0.25) is 0 Å². The molecule has 0 saturated heterocycles. The van der Waals surface area contributed by atoms with Gasteiger partial charge in [-0.25, -0.2) is 0 Å². The summed E-state index contributed by atoms with van der Waals surface area (Å²) in [6.45, 7) is 10.3. The zero-order chi connectivity index (χ0) is 10.6. The highest BCUT2D eigenvalue weighted by Crippen LogP contribution is 2.34. The fourth-order valence-electron chi connectivity index (χ4n) is 1.79. The van der Waals surface area contributed by atoms with Crippen LogP contribution in [0.3, 0.4) is 0 Å². The van der Waals surface area contributed by atoms with Crippen LogP contribution >= 0.6 is 0 Å². The first-order valence-electron chi connectivity index (χ1n) is 6.09. The van der Waals surface area contributed by atoms with Crippen LogP contribution in [-0.2, 0) is 0 Å². The lowest BCUT2D eigenvalue weighted by Crippen LogP contribution is -2.30. The van der Waals surface area contributed by atoms with Crippen LogP contribution in [0.25, 0.3) is 0 Å². The maximum atomic E-state index is 3.61. The summed E-state index contributed by atoms with van der Waals surface area (Å²) in [5, 5.41) is 3.61. The monoisotopic (exact) mass is 195 g/mol. The molecule has 0 aromatic rings. The topological polar surface area (TPSA) is 12.0 Å². The second-order valence-electron chi connectivity index (χ2n) is 4.74. The van der Waals surface area contributed by atoms with Crippen molar-refractivity contribution in [2.75, 3.05) is 6.54 Å². The molecule has 1 heteroatoms. The molecule has 1 nitrogen and oxygen atoms in total. The highest BCUT2D eigenvalue weighted by Gasteiger charge is 2.23. The standard InChI is InChI=1S/C13H25N/c1-5-11(4)14-9-12(6-2)8-13-7-10(13)3/h7,11-14H,5-6,8-9H2,1-4H3. The molecular formula is C13H25N. The quantitative estimate of drug-likeness (QED) is 0.614. The molecule has 14 heavy (non-hydrogen) atoms. The molecule has 0 bridgehead atoms.